The van der Waals surface area contributed by atoms with Crippen LogP contribution in [-0.4, -0.2) is 60.4 Å². The smallest absolute Gasteiger partial charge is 0.251 e. The summed E-state index contributed by atoms with van der Waals surface area (Å²) in [5.41, 5.74) is 0.665. The Hall–Kier alpha value is -1.88. The Morgan fingerprint density at radius 1 is 1.08 bits per heavy atom. The summed E-state index contributed by atoms with van der Waals surface area (Å²) in [5, 5.41) is 2.89. The molecule has 24 heavy (non-hydrogen) atoms. The molecule has 2 aliphatic rings. The van der Waals surface area contributed by atoms with Crippen molar-refractivity contribution in [3.05, 3.63) is 35.9 Å². The molecular formula is C19H27N3O2. The second kappa shape index (κ2) is 8.29. The average molecular weight is 329 g/mol. The normalized spacial score (nSPS) is 21.2. The zero-order valence-electron chi connectivity index (χ0n) is 14.2. The van der Waals surface area contributed by atoms with E-state index >= 15 is 0 Å². The van der Waals surface area contributed by atoms with Crippen LogP contribution in [0.25, 0.3) is 0 Å². The van der Waals surface area contributed by atoms with Crippen molar-refractivity contribution in [1.29, 1.82) is 0 Å². The van der Waals surface area contributed by atoms with E-state index in [9.17, 15) is 9.59 Å². The van der Waals surface area contributed by atoms with Crippen molar-refractivity contribution in [2.24, 2.45) is 0 Å². The SMILES string of the molecule is O=C(NCCCC(=O)N1CCCN2CCCC2C1)c1ccccc1. The Bertz CT molecular complexity index is 561. The molecule has 1 aromatic rings. The Morgan fingerprint density at radius 2 is 1.88 bits per heavy atom. The second-order valence-electron chi connectivity index (χ2n) is 6.75. The molecule has 0 saturated carbocycles. The second-order valence-corrected chi connectivity index (χ2v) is 6.75. The van der Waals surface area contributed by atoms with Crippen molar-refractivity contribution < 1.29 is 9.59 Å². The van der Waals surface area contributed by atoms with Crippen LogP contribution in [0.4, 0.5) is 0 Å². The number of hydrogen-bond acceptors (Lipinski definition) is 3. The average Bonchev–Trinajstić information content (AvgIpc) is 2.95. The lowest BCUT2D eigenvalue weighted by atomic mass is 10.2. The van der Waals surface area contributed by atoms with Crippen LogP contribution < -0.4 is 5.32 Å². The number of carbonyl (C=O) groups is 2. The number of nitrogens with one attached hydrogen (secondary N) is 1. The highest BCUT2D eigenvalue weighted by Crippen LogP contribution is 2.21. The van der Waals surface area contributed by atoms with E-state index in [0.29, 0.717) is 31.0 Å². The van der Waals surface area contributed by atoms with E-state index in [2.05, 4.69) is 10.2 Å². The number of carbonyl (C=O) groups excluding carboxylic acids is 2. The molecule has 1 N–H and O–H groups in total. The van der Waals surface area contributed by atoms with Crippen molar-refractivity contribution in [3.8, 4) is 0 Å². The van der Waals surface area contributed by atoms with Gasteiger partial charge in [0.05, 0.1) is 0 Å². The van der Waals surface area contributed by atoms with Crippen molar-refractivity contribution in [2.75, 3.05) is 32.7 Å². The molecule has 0 bridgehead atoms. The third-order valence-electron chi connectivity index (χ3n) is 5.05. The molecule has 2 saturated heterocycles. The standard InChI is InChI=1S/C19H27N3O2/c23-18(22-14-6-13-21-12-5-9-17(21)15-22)10-4-11-20-19(24)16-7-2-1-3-8-16/h1-3,7-8,17H,4-6,9-15H2,(H,20,24). The molecular weight excluding hydrogens is 302 g/mol. The lowest BCUT2D eigenvalue weighted by Crippen LogP contribution is -2.39. The van der Waals surface area contributed by atoms with Crippen LogP contribution in [0, 0.1) is 0 Å². The van der Waals surface area contributed by atoms with Crippen molar-refractivity contribution in [2.45, 2.75) is 38.1 Å². The number of nitrogens with zero attached hydrogens (tertiary/aromatic N) is 2. The Morgan fingerprint density at radius 3 is 2.71 bits per heavy atom. The quantitative estimate of drug-likeness (QED) is 0.840. The minimum Gasteiger partial charge on any atom is -0.352 e. The molecule has 0 spiro atoms. The molecule has 5 heteroatoms. The highest BCUT2D eigenvalue weighted by molar-refractivity contribution is 5.94. The van der Waals surface area contributed by atoms with Gasteiger partial charge in [0.15, 0.2) is 0 Å². The molecule has 5 nitrogen and oxygen atoms in total. The maximum absolute atomic E-state index is 12.4. The zero-order valence-corrected chi connectivity index (χ0v) is 14.2. The summed E-state index contributed by atoms with van der Waals surface area (Å²) in [4.78, 5) is 29.0. The summed E-state index contributed by atoms with van der Waals surface area (Å²) < 4.78 is 0. The van der Waals surface area contributed by atoms with Crippen LogP contribution in [0.2, 0.25) is 0 Å². The van der Waals surface area contributed by atoms with E-state index in [1.54, 1.807) is 12.1 Å². The highest BCUT2D eigenvalue weighted by Gasteiger charge is 2.30. The van der Waals surface area contributed by atoms with Gasteiger partial charge in [-0.25, -0.2) is 0 Å². The van der Waals surface area contributed by atoms with E-state index in [-0.39, 0.29) is 11.8 Å². The van der Waals surface area contributed by atoms with Gasteiger partial charge < -0.3 is 10.2 Å². The summed E-state index contributed by atoms with van der Waals surface area (Å²) in [7, 11) is 0. The largest absolute Gasteiger partial charge is 0.352 e. The predicted molar refractivity (Wildman–Crippen MR) is 93.8 cm³/mol. The maximum atomic E-state index is 12.4. The van der Waals surface area contributed by atoms with Gasteiger partial charge in [-0.05, 0) is 44.4 Å². The first-order chi connectivity index (χ1) is 11.7. The fraction of sp³-hybridized carbons (Fsp3) is 0.579. The van der Waals surface area contributed by atoms with Crippen molar-refractivity contribution >= 4 is 11.8 Å². The molecule has 1 unspecified atom stereocenters. The highest BCUT2D eigenvalue weighted by atomic mass is 16.2. The fourth-order valence-electron chi connectivity index (χ4n) is 3.72. The van der Waals surface area contributed by atoms with Crippen LogP contribution in [-0.2, 0) is 4.79 Å². The number of rotatable bonds is 5. The molecule has 1 atom stereocenters. The molecule has 130 valence electrons. The minimum atomic E-state index is -0.0700. The molecule has 3 rings (SSSR count). The van der Waals surface area contributed by atoms with Crippen LogP contribution in [0.5, 0.6) is 0 Å². The molecule has 0 aliphatic carbocycles. The summed E-state index contributed by atoms with van der Waals surface area (Å²) in [5.74, 6) is 0.164. The van der Waals surface area contributed by atoms with Gasteiger partial charge in [0.2, 0.25) is 5.91 Å². The van der Waals surface area contributed by atoms with Gasteiger partial charge in [-0.15, -0.1) is 0 Å². The molecule has 0 aromatic heterocycles. The third kappa shape index (κ3) is 4.35. The lowest BCUT2D eigenvalue weighted by Gasteiger charge is -2.25. The number of hydrogen-bond donors (Lipinski definition) is 1. The third-order valence-corrected chi connectivity index (χ3v) is 5.05. The topological polar surface area (TPSA) is 52.7 Å². The van der Waals surface area contributed by atoms with Crippen molar-refractivity contribution in [1.82, 2.24) is 15.1 Å². The van der Waals surface area contributed by atoms with Gasteiger partial charge in [-0.2, -0.15) is 0 Å². The Balaban J connectivity index is 1.38. The fourth-order valence-corrected chi connectivity index (χ4v) is 3.72. The predicted octanol–water partition coefficient (Wildman–Crippen LogP) is 1.89. The van der Waals surface area contributed by atoms with Gasteiger partial charge in [0.25, 0.3) is 5.91 Å². The summed E-state index contributed by atoms with van der Waals surface area (Å²) in [6, 6.07) is 9.75. The first-order valence-corrected chi connectivity index (χ1v) is 9.09. The molecule has 0 radical (unpaired) electrons. The number of benzene rings is 1. The molecule has 2 amide bonds. The van der Waals surface area contributed by atoms with E-state index in [1.807, 2.05) is 23.1 Å². The van der Waals surface area contributed by atoms with E-state index < -0.39 is 0 Å². The molecule has 2 aliphatic heterocycles. The van der Waals surface area contributed by atoms with Crippen molar-refractivity contribution in [3.63, 3.8) is 0 Å². The first-order valence-electron chi connectivity index (χ1n) is 9.09. The first kappa shape index (κ1) is 17.0. The minimum absolute atomic E-state index is 0.0700. The van der Waals surface area contributed by atoms with Gasteiger partial charge in [-0.1, -0.05) is 18.2 Å². The molecule has 2 fully saturated rings. The van der Waals surface area contributed by atoms with Gasteiger partial charge in [0.1, 0.15) is 0 Å². The van der Waals surface area contributed by atoms with Gasteiger partial charge in [-0.3, -0.25) is 14.5 Å². The lowest BCUT2D eigenvalue weighted by molar-refractivity contribution is -0.131. The van der Waals surface area contributed by atoms with Crippen LogP contribution >= 0.6 is 0 Å². The monoisotopic (exact) mass is 329 g/mol. The maximum Gasteiger partial charge on any atom is 0.251 e. The Labute approximate surface area is 144 Å². The van der Waals surface area contributed by atoms with Gasteiger partial charge in [0, 0.05) is 44.2 Å². The molecule has 2 heterocycles. The summed E-state index contributed by atoms with van der Waals surface area (Å²) in [6.07, 6.45) is 4.77. The molecule has 1 aromatic carbocycles. The zero-order chi connectivity index (χ0) is 16.8. The summed E-state index contributed by atoms with van der Waals surface area (Å²) >= 11 is 0. The summed E-state index contributed by atoms with van der Waals surface area (Å²) in [6.45, 7) is 4.63. The number of fused-ring (bicyclic) bond motifs is 1. The Kier molecular flexibility index (Phi) is 5.86. The van der Waals surface area contributed by atoms with Gasteiger partial charge >= 0.3 is 0 Å². The van der Waals surface area contributed by atoms with Crippen LogP contribution in [0.1, 0.15) is 42.5 Å². The van der Waals surface area contributed by atoms with E-state index in [4.69, 9.17) is 0 Å². The van der Waals surface area contributed by atoms with E-state index in [0.717, 1.165) is 26.1 Å². The van der Waals surface area contributed by atoms with E-state index in [1.165, 1.54) is 19.4 Å². The van der Waals surface area contributed by atoms with Crippen LogP contribution in [0.15, 0.2) is 30.3 Å². The number of amides is 2. The van der Waals surface area contributed by atoms with Crippen LogP contribution in [0.3, 0.4) is 0 Å².